The second-order valence-corrected chi connectivity index (χ2v) is 19.3. The van der Waals surface area contributed by atoms with E-state index in [-0.39, 0.29) is 16.3 Å². The van der Waals surface area contributed by atoms with E-state index in [4.69, 9.17) is 0 Å². The maximum absolute atomic E-state index is 15.0. The van der Waals surface area contributed by atoms with Gasteiger partial charge in [0.2, 0.25) is 0 Å². The highest BCUT2D eigenvalue weighted by Gasteiger charge is 2.82. The molecule has 6 rings (SSSR count). The van der Waals surface area contributed by atoms with E-state index in [0.717, 1.165) is 4.90 Å². The van der Waals surface area contributed by atoms with Crippen LogP contribution in [0.1, 0.15) is 70.9 Å². The van der Waals surface area contributed by atoms with E-state index in [1.54, 1.807) is 101 Å². The van der Waals surface area contributed by atoms with Crippen LogP contribution < -0.4 is 9.80 Å². The predicted molar refractivity (Wildman–Crippen MR) is 225 cm³/mol. The zero-order valence-corrected chi connectivity index (χ0v) is 37.8. The fourth-order valence-electron chi connectivity index (χ4n) is 9.15. The summed E-state index contributed by atoms with van der Waals surface area (Å²) >= 11 is 1.28. The molecule has 0 radical (unpaired) electrons. The number of para-hydroxylation sites is 2. The molecule has 21 heteroatoms. The molecule has 2 nitrogen and oxygen atoms in total. The summed E-state index contributed by atoms with van der Waals surface area (Å²) in [7, 11) is 0. The average Bonchev–Trinajstić information content (AvgIpc) is 3.61. The van der Waals surface area contributed by atoms with Gasteiger partial charge in [-0.05, 0) is 86.2 Å². The molecule has 0 fully saturated rings. The van der Waals surface area contributed by atoms with Crippen molar-refractivity contribution in [1.82, 2.24) is 0 Å². The second-order valence-electron chi connectivity index (χ2n) is 18.2. The molecule has 2 aliphatic heterocycles. The van der Waals surface area contributed by atoms with Crippen molar-refractivity contribution < 1.29 is 83.9 Å². The van der Waals surface area contributed by atoms with Crippen molar-refractivity contribution in [2.45, 2.75) is 129 Å². The Kier molecular flexibility index (Phi) is 14.2. The van der Waals surface area contributed by atoms with Gasteiger partial charge in [0, 0.05) is 45.1 Å². The summed E-state index contributed by atoms with van der Waals surface area (Å²) in [6.07, 6.45) is -10.5. The van der Waals surface area contributed by atoms with Crippen molar-refractivity contribution in [3.63, 3.8) is 0 Å². The van der Waals surface area contributed by atoms with E-state index < -0.39 is 90.7 Å². The number of allylic oxidation sites excluding steroid dienone is 6. The number of nitrogens with zero attached hydrogens (tertiary/aromatic N) is 1. The number of nitrogens with one attached hydrogen (secondary N) is 1. The molecule has 1 aliphatic carbocycles. The van der Waals surface area contributed by atoms with Crippen LogP contribution in [-0.2, 0) is 10.8 Å². The molecule has 0 saturated carbocycles. The molecule has 0 spiro atoms. The summed E-state index contributed by atoms with van der Waals surface area (Å²) in [5.74, 6) is -39.4. The summed E-state index contributed by atoms with van der Waals surface area (Å²) in [6.45, 7) is 4.65. The van der Waals surface area contributed by atoms with E-state index in [0.29, 0.717) is 57.0 Å². The van der Waals surface area contributed by atoms with Crippen LogP contribution >= 0.6 is 11.8 Å². The number of quaternary nitrogens is 1. The van der Waals surface area contributed by atoms with Crippen molar-refractivity contribution in [1.29, 1.82) is 0 Å². The van der Waals surface area contributed by atoms with Crippen molar-refractivity contribution in [3.8, 4) is 0 Å². The fraction of sp³-hybridized carbons (Fsp3) is 0.458. The Morgan fingerprint density at radius 1 is 0.609 bits per heavy atom. The number of anilines is 1. The Bertz CT molecular complexity index is 2480. The standard InChI is InChI=1S/C48H44F18N2S/c1-39(2)32-17-8-10-19-34(32)67(27-25-41(49,50)43(53,54)45(57,58)47(61,62)63)36(39)23-21-29-13-12-14-30(38(29)69-31-15-6-5-7-16-31)22-24-37-40(3,4)33-18-9-11-20-35(33)68(37)28-26-42(51,52)44(55,56)46(59,60)48(64,65)66/h5-11,15-24,36H,12-14,25-28H2,1-4H3/p+1/b23-21+,30-22+,37-24+. The van der Waals surface area contributed by atoms with Gasteiger partial charge in [0.1, 0.15) is 11.7 Å². The normalized spacial score (nSPS) is 21.7. The first-order chi connectivity index (χ1) is 31.6. The Balaban J connectivity index is 1.40. The molecule has 3 aromatic rings. The monoisotopic (exact) mass is 1020 g/mol. The molecule has 0 amide bonds. The molecule has 3 aliphatic rings. The molecule has 378 valence electrons. The van der Waals surface area contributed by atoms with Crippen molar-refractivity contribution in [2.75, 3.05) is 18.0 Å². The van der Waals surface area contributed by atoms with Crippen LogP contribution in [0.3, 0.4) is 0 Å². The second kappa shape index (κ2) is 18.3. The van der Waals surface area contributed by atoms with Gasteiger partial charge in [-0.25, -0.2) is 0 Å². The zero-order valence-electron chi connectivity index (χ0n) is 37.0. The Labute approximate surface area is 389 Å². The van der Waals surface area contributed by atoms with Crippen LogP contribution in [0, 0.1) is 0 Å². The lowest BCUT2D eigenvalue weighted by molar-refractivity contribution is -0.851. The molecule has 0 aromatic heterocycles. The van der Waals surface area contributed by atoms with Gasteiger partial charge < -0.3 is 4.90 Å². The van der Waals surface area contributed by atoms with Crippen molar-refractivity contribution in [3.05, 3.63) is 136 Å². The number of halogens is 18. The van der Waals surface area contributed by atoms with Crippen LogP contribution in [0.2, 0.25) is 0 Å². The first kappa shape index (κ1) is 53.8. The van der Waals surface area contributed by atoms with Gasteiger partial charge in [-0.2, -0.15) is 79.0 Å². The van der Waals surface area contributed by atoms with Gasteiger partial charge in [-0.1, -0.05) is 92.4 Å². The number of alkyl halides is 18. The predicted octanol–water partition coefficient (Wildman–Crippen LogP) is 15.0. The van der Waals surface area contributed by atoms with Gasteiger partial charge in [0.05, 0.1) is 18.4 Å². The molecular formula is C48H45F18N2S+. The third kappa shape index (κ3) is 9.43. The fourth-order valence-corrected chi connectivity index (χ4v) is 10.3. The third-order valence-electron chi connectivity index (χ3n) is 13.1. The van der Waals surface area contributed by atoms with Crippen LogP contribution in [0.4, 0.5) is 90.4 Å². The first-order valence-corrected chi connectivity index (χ1v) is 22.2. The molecule has 2 heterocycles. The van der Waals surface area contributed by atoms with E-state index in [2.05, 4.69) is 0 Å². The topological polar surface area (TPSA) is 7.68 Å². The number of rotatable bonds is 15. The van der Waals surface area contributed by atoms with Crippen LogP contribution in [0.5, 0.6) is 0 Å². The average molecular weight is 1020 g/mol. The molecule has 0 saturated heterocycles. The van der Waals surface area contributed by atoms with Crippen molar-refractivity contribution >= 4 is 23.1 Å². The Hall–Kier alpha value is -4.53. The number of benzene rings is 3. The minimum atomic E-state index is -7.06. The maximum atomic E-state index is 15.0. The van der Waals surface area contributed by atoms with Crippen LogP contribution in [0.15, 0.2) is 130 Å². The third-order valence-corrected chi connectivity index (χ3v) is 14.3. The highest BCUT2D eigenvalue weighted by molar-refractivity contribution is 8.03. The van der Waals surface area contributed by atoms with Gasteiger partial charge in [-0.15, -0.1) is 0 Å². The lowest BCUT2D eigenvalue weighted by Crippen LogP contribution is -3.11. The van der Waals surface area contributed by atoms with Gasteiger partial charge >= 0.3 is 47.9 Å². The quantitative estimate of drug-likeness (QED) is 0.152. The van der Waals surface area contributed by atoms with E-state index >= 15 is 0 Å². The largest absolute Gasteiger partial charge is 0.460 e. The summed E-state index contributed by atoms with van der Waals surface area (Å²) < 4.78 is 251. The number of fused-ring (bicyclic) bond motifs is 2. The molecule has 2 unspecified atom stereocenters. The number of hydrogen-bond acceptors (Lipinski definition) is 2. The molecule has 1 N–H and O–H groups in total. The van der Waals surface area contributed by atoms with Crippen molar-refractivity contribution in [2.24, 2.45) is 0 Å². The summed E-state index contributed by atoms with van der Waals surface area (Å²) in [6, 6.07) is 20.4. The van der Waals surface area contributed by atoms with Gasteiger partial charge in [0.25, 0.3) is 0 Å². The minimum absolute atomic E-state index is 0.0837. The molecule has 2 atom stereocenters. The summed E-state index contributed by atoms with van der Waals surface area (Å²) in [5.41, 5.74) is 1.02. The molecule has 3 aromatic carbocycles. The zero-order chi connectivity index (χ0) is 51.6. The Morgan fingerprint density at radius 2 is 1.13 bits per heavy atom. The van der Waals surface area contributed by atoms with Gasteiger partial charge in [0.15, 0.2) is 0 Å². The Morgan fingerprint density at radius 3 is 1.71 bits per heavy atom. The van der Waals surface area contributed by atoms with E-state index in [1.807, 2.05) is 0 Å². The molecular weight excluding hydrogens is 979 g/mol. The van der Waals surface area contributed by atoms with Gasteiger partial charge in [-0.3, -0.25) is 4.90 Å². The van der Waals surface area contributed by atoms with Crippen LogP contribution in [0.25, 0.3) is 0 Å². The smallest absolute Gasteiger partial charge is 0.344 e. The van der Waals surface area contributed by atoms with Crippen LogP contribution in [-0.4, -0.2) is 67.0 Å². The summed E-state index contributed by atoms with van der Waals surface area (Å²) in [5, 5.41) is 0. The maximum Gasteiger partial charge on any atom is 0.460 e. The number of hydrogen-bond donors (Lipinski definition) is 1. The lowest BCUT2D eigenvalue weighted by atomic mass is 9.80. The first-order valence-electron chi connectivity index (χ1n) is 21.3. The van der Waals surface area contributed by atoms with E-state index in [1.165, 1.54) is 42.1 Å². The number of thioether (sulfide) groups is 1. The lowest BCUT2D eigenvalue weighted by Gasteiger charge is -2.35. The highest BCUT2D eigenvalue weighted by atomic mass is 32.2. The minimum Gasteiger partial charge on any atom is -0.344 e. The molecule has 0 bridgehead atoms. The highest BCUT2D eigenvalue weighted by Crippen LogP contribution is 2.56. The molecule has 69 heavy (non-hydrogen) atoms. The SMILES string of the molecule is CC1(C)/C(=C\C=C2/CCCC(/C=C/C3[NH+](CCC(F)(F)C(F)(F)C(F)(F)C(F)(F)F)c4ccccc4C3(C)C)=C2Sc2ccccc2)N(CCC(F)(F)C(F)(F)C(F)(F)C(F)(F)F)c2ccccc21. The summed E-state index contributed by atoms with van der Waals surface area (Å²) in [4.78, 5) is 2.57. The van der Waals surface area contributed by atoms with E-state index in [9.17, 15) is 79.0 Å².